The minimum atomic E-state index is -4.41. The minimum Gasteiger partial charge on any atom is -0.352 e. The zero-order chi connectivity index (χ0) is 23.2. The van der Waals surface area contributed by atoms with E-state index in [-0.39, 0.29) is 0 Å². The summed E-state index contributed by atoms with van der Waals surface area (Å²) in [6.45, 7) is 3.60. The number of rotatable bonds is 4. The van der Waals surface area contributed by atoms with E-state index in [4.69, 9.17) is 0 Å². The highest BCUT2D eigenvalue weighted by Gasteiger charge is 2.31. The first-order chi connectivity index (χ1) is 15.8. The third-order valence-electron chi connectivity index (χ3n) is 5.34. The largest absolute Gasteiger partial charge is 0.416 e. The molecule has 0 aliphatic rings. The predicted octanol–water partition coefficient (Wildman–Crippen LogP) is 5.96. The van der Waals surface area contributed by atoms with Crippen LogP contribution in [-0.2, 0) is 6.18 Å². The van der Waals surface area contributed by atoms with Gasteiger partial charge in [0.25, 0.3) is 0 Å². The first kappa shape index (κ1) is 20.7. The Hall–Kier alpha value is -4.14. The molecule has 9 heteroatoms. The van der Waals surface area contributed by atoms with E-state index in [0.717, 1.165) is 34.8 Å². The van der Waals surface area contributed by atoms with Crippen molar-refractivity contribution < 1.29 is 13.2 Å². The van der Waals surface area contributed by atoms with Crippen LogP contribution in [0.25, 0.3) is 22.6 Å². The van der Waals surface area contributed by atoms with Gasteiger partial charge in [-0.3, -0.25) is 0 Å². The number of alkyl halides is 3. The van der Waals surface area contributed by atoms with E-state index in [2.05, 4.69) is 20.4 Å². The third-order valence-corrected chi connectivity index (χ3v) is 5.34. The van der Waals surface area contributed by atoms with Crippen LogP contribution in [0.4, 0.5) is 24.5 Å². The van der Waals surface area contributed by atoms with Crippen LogP contribution < -0.4 is 5.32 Å². The zero-order valence-electron chi connectivity index (χ0n) is 17.8. The van der Waals surface area contributed by atoms with Crippen molar-refractivity contribution in [3.8, 4) is 16.9 Å². The summed E-state index contributed by atoms with van der Waals surface area (Å²) in [6.07, 6.45) is 0.793. The molecule has 0 saturated carbocycles. The number of hydrogen-bond donors (Lipinski definition) is 1. The van der Waals surface area contributed by atoms with Crippen molar-refractivity contribution in [2.24, 2.45) is 0 Å². The molecule has 0 amide bonds. The molecule has 2 aromatic carbocycles. The molecule has 166 valence electrons. The number of benzene rings is 2. The number of imidazole rings is 1. The normalized spacial score (nSPS) is 11.8. The van der Waals surface area contributed by atoms with E-state index in [1.807, 2.05) is 49.5 Å². The number of pyridine rings is 1. The number of anilines is 2. The average molecular weight is 448 g/mol. The van der Waals surface area contributed by atoms with Gasteiger partial charge in [0.2, 0.25) is 0 Å². The van der Waals surface area contributed by atoms with Crippen LogP contribution >= 0.6 is 0 Å². The Kier molecular flexibility index (Phi) is 4.88. The standard InChI is InChI=1S/C24H19F3N6/c1-15-5-6-17(24(25,26)27)12-20(15)22-13-32-11-3-4-21(23(32)30-22)29-18-7-9-19(10-8-18)33-14-28-16(2)31-33/h3-14,29H,1-2H3. The van der Waals surface area contributed by atoms with E-state index in [1.54, 1.807) is 28.5 Å². The van der Waals surface area contributed by atoms with Gasteiger partial charge in [0.05, 0.1) is 22.6 Å². The molecular weight excluding hydrogens is 429 g/mol. The van der Waals surface area contributed by atoms with Crippen LogP contribution in [0.5, 0.6) is 0 Å². The quantitative estimate of drug-likeness (QED) is 0.369. The maximum atomic E-state index is 13.2. The van der Waals surface area contributed by atoms with E-state index in [0.29, 0.717) is 22.7 Å². The molecular formula is C24H19F3N6. The van der Waals surface area contributed by atoms with Crippen LogP contribution in [0.15, 0.2) is 73.3 Å². The Morgan fingerprint density at radius 2 is 1.76 bits per heavy atom. The summed E-state index contributed by atoms with van der Waals surface area (Å²) in [5, 5.41) is 7.63. The molecule has 0 aliphatic heterocycles. The molecule has 0 saturated heterocycles. The van der Waals surface area contributed by atoms with Crippen molar-refractivity contribution in [2.75, 3.05) is 5.32 Å². The number of nitrogens with one attached hydrogen (secondary N) is 1. The molecule has 3 heterocycles. The number of aryl methyl sites for hydroxylation is 2. The van der Waals surface area contributed by atoms with Crippen molar-refractivity contribution in [3.63, 3.8) is 0 Å². The van der Waals surface area contributed by atoms with Crippen LogP contribution in [0.3, 0.4) is 0 Å². The van der Waals surface area contributed by atoms with Crippen molar-refractivity contribution in [1.82, 2.24) is 24.1 Å². The molecule has 0 bridgehead atoms. The van der Waals surface area contributed by atoms with Gasteiger partial charge < -0.3 is 9.72 Å². The fourth-order valence-corrected chi connectivity index (χ4v) is 3.64. The average Bonchev–Trinajstić information content (AvgIpc) is 3.41. The summed E-state index contributed by atoms with van der Waals surface area (Å²) < 4.78 is 43.1. The van der Waals surface area contributed by atoms with Crippen LogP contribution in [0.1, 0.15) is 17.0 Å². The molecule has 0 aliphatic carbocycles. The number of halogens is 3. The summed E-state index contributed by atoms with van der Waals surface area (Å²) in [5.74, 6) is 0.690. The van der Waals surface area contributed by atoms with Gasteiger partial charge in [-0.2, -0.15) is 18.3 Å². The maximum Gasteiger partial charge on any atom is 0.416 e. The summed E-state index contributed by atoms with van der Waals surface area (Å²) in [5.41, 5.74) is 4.02. The molecule has 0 spiro atoms. The lowest BCUT2D eigenvalue weighted by atomic mass is 10.0. The van der Waals surface area contributed by atoms with Gasteiger partial charge in [0.15, 0.2) is 5.65 Å². The summed E-state index contributed by atoms with van der Waals surface area (Å²) in [4.78, 5) is 8.77. The highest BCUT2D eigenvalue weighted by Crippen LogP contribution is 2.34. The second kappa shape index (κ2) is 7.77. The third kappa shape index (κ3) is 4.05. The van der Waals surface area contributed by atoms with Gasteiger partial charge in [-0.1, -0.05) is 6.07 Å². The Bertz CT molecular complexity index is 1450. The van der Waals surface area contributed by atoms with Gasteiger partial charge in [-0.25, -0.2) is 14.6 Å². The van der Waals surface area contributed by atoms with Gasteiger partial charge in [-0.05, 0) is 67.9 Å². The molecule has 6 nitrogen and oxygen atoms in total. The highest BCUT2D eigenvalue weighted by atomic mass is 19.4. The van der Waals surface area contributed by atoms with Gasteiger partial charge in [0.1, 0.15) is 12.2 Å². The Labute approximate surface area is 187 Å². The SMILES string of the molecule is Cc1ncn(-c2ccc(Nc3cccn4cc(-c5cc(C(F)(F)F)ccc5C)nc34)cc2)n1. The van der Waals surface area contributed by atoms with Crippen LogP contribution in [-0.4, -0.2) is 24.1 Å². The molecule has 33 heavy (non-hydrogen) atoms. The van der Waals surface area contributed by atoms with Gasteiger partial charge in [-0.15, -0.1) is 0 Å². The molecule has 0 radical (unpaired) electrons. The molecule has 1 N–H and O–H groups in total. The van der Waals surface area contributed by atoms with E-state index in [9.17, 15) is 13.2 Å². The van der Waals surface area contributed by atoms with Gasteiger partial charge >= 0.3 is 6.18 Å². The Balaban J connectivity index is 1.48. The zero-order valence-corrected chi connectivity index (χ0v) is 17.8. The smallest absolute Gasteiger partial charge is 0.352 e. The fourth-order valence-electron chi connectivity index (χ4n) is 3.64. The lowest BCUT2D eigenvalue weighted by Gasteiger charge is -2.10. The first-order valence-electron chi connectivity index (χ1n) is 10.2. The van der Waals surface area contributed by atoms with Crippen molar-refractivity contribution in [1.29, 1.82) is 0 Å². The Morgan fingerprint density at radius 1 is 0.970 bits per heavy atom. The predicted molar refractivity (Wildman–Crippen MR) is 120 cm³/mol. The molecule has 3 aromatic heterocycles. The van der Waals surface area contributed by atoms with E-state index >= 15 is 0 Å². The minimum absolute atomic E-state index is 0.451. The highest BCUT2D eigenvalue weighted by molar-refractivity contribution is 5.77. The molecule has 0 atom stereocenters. The van der Waals surface area contributed by atoms with Gasteiger partial charge in [0, 0.05) is 23.6 Å². The fraction of sp³-hybridized carbons (Fsp3) is 0.125. The summed E-state index contributed by atoms with van der Waals surface area (Å²) >= 11 is 0. The lowest BCUT2D eigenvalue weighted by molar-refractivity contribution is -0.137. The van der Waals surface area contributed by atoms with Crippen LogP contribution in [0, 0.1) is 13.8 Å². The molecule has 0 unspecified atom stereocenters. The number of hydrogen-bond acceptors (Lipinski definition) is 4. The monoisotopic (exact) mass is 448 g/mol. The van der Waals surface area contributed by atoms with Crippen molar-refractivity contribution in [3.05, 3.63) is 90.3 Å². The van der Waals surface area contributed by atoms with E-state index in [1.165, 1.54) is 6.07 Å². The van der Waals surface area contributed by atoms with Crippen LogP contribution in [0.2, 0.25) is 0 Å². The summed E-state index contributed by atoms with van der Waals surface area (Å²) in [7, 11) is 0. The van der Waals surface area contributed by atoms with E-state index < -0.39 is 11.7 Å². The maximum absolute atomic E-state index is 13.2. The van der Waals surface area contributed by atoms with Crippen molar-refractivity contribution >= 4 is 17.0 Å². The lowest BCUT2D eigenvalue weighted by Crippen LogP contribution is -2.05. The first-order valence-corrected chi connectivity index (χ1v) is 10.2. The molecule has 5 aromatic rings. The Morgan fingerprint density at radius 3 is 2.45 bits per heavy atom. The number of fused-ring (bicyclic) bond motifs is 1. The van der Waals surface area contributed by atoms with Crippen molar-refractivity contribution in [2.45, 2.75) is 20.0 Å². The topological polar surface area (TPSA) is 60.0 Å². The second-order valence-corrected chi connectivity index (χ2v) is 7.71. The molecule has 0 fully saturated rings. The molecule has 5 rings (SSSR count). The second-order valence-electron chi connectivity index (χ2n) is 7.71. The number of aromatic nitrogens is 5. The number of nitrogens with zero attached hydrogens (tertiary/aromatic N) is 5. The summed E-state index contributed by atoms with van der Waals surface area (Å²) in [6, 6.07) is 15.1.